The van der Waals surface area contributed by atoms with Crippen molar-refractivity contribution in [3.8, 4) is 0 Å². The molecular weight excluding hydrogens is 164 g/mol. The van der Waals surface area contributed by atoms with E-state index in [1.54, 1.807) is 6.20 Å². The van der Waals surface area contributed by atoms with Crippen LogP contribution < -0.4 is 0 Å². The van der Waals surface area contributed by atoms with Gasteiger partial charge in [0.1, 0.15) is 5.65 Å². The maximum atomic E-state index is 9.67. The van der Waals surface area contributed by atoms with Gasteiger partial charge < -0.3 is 10.1 Å². The highest BCUT2D eigenvalue weighted by Crippen LogP contribution is 2.24. The summed E-state index contributed by atoms with van der Waals surface area (Å²) in [5, 5.41) is 10.7. The minimum atomic E-state index is -0.391. The molecule has 0 aliphatic rings. The zero-order chi connectivity index (χ0) is 9.26. The number of rotatable bonds is 2. The van der Waals surface area contributed by atoms with Gasteiger partial charge in [-0.1, -0.05) is 6.92 Å². The van der Waals surface area contributed by atoms with E-state index in [2.05, 4.69) is 9.97 Å². The summed E-state index contributed by atoms with van der Waals surface area (Å²) < 4.78 is 0. The first-order valence-electron chi connectivity index (χ1n) is 4.43. The minimum absolute atomic E-state index is 0.391. The lowest BCUT2D eigenvalue weighted by Crippen LogP contribution is -1.92. The fourth-order valence-corrected chi connectivity index (χ4v) is 1.47. The second kappa shape index (κ2) is 3.18. The van der Waals surface area contributed by atoms with E-state index in [-0.39, 0.29) is 0 Å². The fraction of sp³-hybridized carbons (Fsp3) is 0.300. The quantitative estimate of drug-likeness (QED) is 0.735. The molecule has 0 aliphatic heterocycles. The summed E-state index contributed by atoms with van der Waals surface area (Å²) in [6.07, 6.45) is 3.90. The van der Waals surface area contributed by atoms with Crippen molar-refractivity contribution in [1.82, 2.24) is 9.97 Å². The van der Waals surface area contributed by atoms with Gasteiger partial charge in [0, 0.05) is 23.3 Å². The lowest BCUT2D eigenvalue weighted by Gasteiger charge is -2.04. The van der Waals surface area contributed by atoms with Crippen LogP contribution in [0.5, 0.6) is 0 Å². The van der Waals surface area contributed by atoms with Crippen LogP contribution >= 0.6 is 0 Å². The van der Waals surface area contributed by atoms with Crippen molar-refractivity contribution in [3.63, 3.8) is 0 Å². The maximum Gasteiger partial charge on any atom is 0.137 e. The lowest BCUT2D eigenvalue weighted by atomic mass is 10.1. The molecule has 2 aromatic rings. The number of nitrogens with one attached hydrogen (secondary N) is 1. The summed E-state index contributed by atoms with van der Waals surface area (Å²) in [7, 11) is 0. The van der Waals surface area contributed by atoms with Crippen LogP contribution in [-0.2, 0) is 0 Å². The molecule has 0 aliphatic carbocycles. The number of aromatic nitrogens is 2. The Hall–Kier alpha value is -1.35. The zero-order valence-corrected chi connectivity index (χ0v) is 7.49. The normalized spacial score (nSPS) is 13.4. The zero-order valence-electron chi connectivity index (χ0n) is 7.49. The van der Waals surface area contributed by atoms with E-state index in [4.69, 9.17) is 0 Å². The summed E-state index contributed by atoms with van der Waals surface area (Å²) in [4.78, 5) is 7.18. The van der Waals surface area contributed by atoms with Crippen LogP contribution in [0.1, 0.15) is 25.0 Å². The summed E-state index contributed by atoms with van der Waals surface area (Å²) >= 11 is 0. The van der Waals surface area contributed by atoms with Crippen molar-refractivity contribution in [1.29, 1.82) is 0 Å². The van der Waals surface area contributed by atoms with E-state index in [1.165, 1.54) is 0 Å². The maximum absolute atomic E-state index is 9.67. The first kappa shape index (κ1) is 8.26. The fourth-order valence-electron chi connectivity index (χ4n) is 1.47. The van der Waals surface area contributed by atoms with Crippen molar-refractivity contribution in [2.45, 2.75) is 19.4 Å². The standard InChI is InChI=1S/C10H12N2O/c1-2-9(13)8-6-12-10-7(8)4-3-5-11-10/h3-6,9,13H,2H2,1H3,(H,11,12). The van der Waals surface area contributed by atoms with Gasteiger partial charge in [0.15, 0.2) is 0 Å². The van der Waals surface area contributed by atoms with E-state index < -0.39 is 6.10 Å². The minimum Gasteiger partial charge on any atom is -0.388 e. The number of nitrogens with zero attached hydrogens (tertiary/aromatic N) is 1. The summed E-state index contributed by atoms with van der Waals surface area (Å²) in [5.74, 6) is 0. The Morgan fingerprint density at radius 3 is 3.23 bits per heavy atom. The number of aliphatic hydroxyl groups is 1. The van der Waals surface area contributed by atoms with Gasteiger partial charge in [0.05, 0.1) is 6.10 Å². The molecule has 0 amide bonds. The molecule has 2 rings (SSSR count). The number of aliphatic hydroxyl groups excluding tert-OH is 1. The van der Waals surface area contributed by atoms with Gasteiger partial charge in [0.25, 0.3) is 0 Å². The average molecular weight is 176 g/mol. The van der Waals surface area contributed by atoms with Gasteiger partial charge in [-0.15, -0.1) is 0 Å². The highest BCUT2D eigenvalue weighted by atomic mass is 16.3. The molecule has 2 N–H and O–H groups in total. The third kappa shape index (κ3) is 1.31. The van der Waals surface area contributed by atoms with Crippen LogP contribution in [-0.4, -0.2) is 15.1 Å². The van der Waals surface area contributed by atoms with E-state index in [0.717, 1.165) is 23.0 Å². The van der Waals surface area contributed by atoms with Crippen LogP contribution in [0.25, 0.3) is 11.0 Å². The smallest absolute Gasteiger partial charge is 0.137 e. The number of H-pyrrole nitrogens is 1. The average Bonchev–Trinajstić information content (AvgIpc) is 2.60. The third-order valence-corrected chi connectivity index (χ3v) is 2.23. The second-order valence-electron chi connectivity index (χ2n) is 3.07. The highest BCUT2D eigenvalue weighted by Gasteiger charge is 2.10. The molecule has 3 nitrogen and oxygen atoms in total. The van der Waals surface area contributed by atoms with E-state index in [0.29, 0.717) is 0 Å². The molecule has 3 heteroatoms. The monoisotopic (exact) mass is 176 g/mol. The van der Waals surface area contributed by atoms with E-state index in [9.17, 15) is 5.11 Å². The summed E-state index contributed by atoms with van der Waals surface area (Å²) in [5.41, 5.74) is 1.77. The molecule has 0 spiro atoms. The van der Waals surface area contributed by atoms with Gasteiger partial charge in [0.2, 0.25) is 0 Å². The molecule has 2 aromatic heterocycles. The number of hydrogen-bond acceptors (Lipinski definition) is 2. The largest absolute Gasteiger partial charge is 0.388 e. The Bertz CT molecular complexity index is 408. The predicted molar refractivity (Wildman–Crippen MR) is 51.3 cm³/mol. The van der Waals surface area contributed by atoms with Gasteiger partial charge >= 0.3 is 0 Å². The lowest BCUT2D eigenvalue weighted by molar-refractivity contribution is 0.175. The Labute approximate surface area is 76.4 Å². The van der Waals surface area contributed by atoms with E-state index in [1.807, 2.05) is 25.3 Å². The van der Waals surface area contributed by atoms with Gasteiger partial charge in [-0.3, -0.25) is 0 Å². The number of fused-ring (bicyclic) bond motifs is 1. The molecule has 0 saturated heterocycles. The van der Waals surface area contributed by atoms with Crippen molar-refractivity contribution >= 4 is 11.0 Å². The first-order valence-corrected chi connectivity index (χ1v) is 4.43. The van der Waals surface area contributed by atoms with Crippen LogP contribution in [0.15, 0.2) is 24.5 Å². The predicted octanol–water partition coefficient (Wildman–Crippen LogP) is 2.01. The van der Waals surface area contributed by atoms with Crippen LogP contribution in [0.2, 0.25) is 0 Å². The molecule has 1 unspecified atom stereocenters. The SMILES string of the molecule is CCC(O)c1c[nH]c2ncccc12. The Balaban J connectivity index is 2.57. The van der Waals surface area contributed by atoms with Gasteiger partial charge in [-0.25, -0.2) is 4.98 Å². The Morgan fingerprint density at radius 2 is 2.46 bits per heavy atom. The van der Waals surface area contributed by atoms with Crippen molar-refractivity contribution in [2.75, 3.05) is 0 Å². The van der Waals surface area contributed by atoms with E-state index >= 15 is 0 Å². The summed E-state index contributed by atoms with van der Waals surface area (Å²) in [6.45, 7) is 1.96. The molecule has 13 heavy (non-hydrogen) atoms. The molecule has 0 bridgehead atoms. The number of hydrogen-bond donors (Lipinski definition) is 2. The molecule has 0 aromatic carbocycles. The Kier molecular flexibility index (Phi) is 2.02. The van der Waals surface area contributed by atoms with Gasteiger partial charge in [-0.05, 0) is 18.6 Å². The third-order valence-electron chi connectivity index (χ3n) is 2.23. The number of aromatic amines is 1. The molecule has 0 radical (unpaired) electrons. The first-order chi connectivity index (χ1) is 6.33. The van der Waals surface area contributed by atoms with Crippen molar-refractivity contribution in [2.24, 2.45) is 0 Å². The molecule has 2 heterocycles. The van der Waals surface area contributed by atoms with Crippen molar-refractivity contribution in [3.05, 3.63) is 30.1 Å². The molecule has 0 fully saturated rings. The molecule has 1 atom stereocenters. The molecule has 68 valence electrons. The van der Waals surface area contributed by atoms with Crippen LogP contribution in [0.3, 0.4) is 0 Å². The van der Waals surface area contributed by atoms with Crippen molar-refractivity contribution < 1.29 is 5.11 Å². The molecule has 0 saturated carbocycles. The molecular formula is C10H12N2O. The van der Waals surface area contributed by atoms with Crippen LogP contribution in [0, 0.1) is 0 Å². The van der Waals surface area contributed by atoms with Crippen LogP contribution in [0.4, 0.5) is 0 Å². The Morgan fingerprint density at radius 1 is 1.62 bits per heavy atom. The topological polar surface area (TPSA) is 48.9 Å². The number of pyridine rings is 1. The summed E-state index contributed by atoms with van der Waals surface area (Å²) in [6, 6.07) is 3.84. The highest BCUT2D eigenvalue weighted by molar-refractivity contribution is 5.79. The second-order valence-corrected chi connectivity index (χ2v) is 3.07. The van der Waals surface area contributed by atoms with Gasteiger partial charge in [-0.2, -0.15) is 0 Å².